The summed E-state index contributed by atoms with van der Waals surface area (Å²) in [5, 5.41) is 3.28. The summed E-state index contributed by atoms with van der Waals surface area (Å²) < 4.78 is 10.0. The Hall–Kier alpha value is -2.43. The number of carbonyl (C=O) groups excluding carboxylic acids is 1. The third-order valence-electron chi connectivity index (χ3n) is 2.96. The van der Waals surface area contributed by atoms with Crippen molar-refractivity contribution in [2.75, 3.05) is 18.2 Å². The number of carbonyl (C=O) groups is 1. The van der Waals surface area contributed by atoms with E-state index < -0.39 is 0 Å². The van der Waals surface area contributed by atoms with Crippen molar-refractivity contribution in [1.29, 1.82) is 0 Å². The first kappa shape index (κ1) is 14.0. The molecule has 0 aliphatic heterocycles. The van der Waals surface area contributed by atoms with Crippen LogP contribution in [0, 0.1) is 0 Å². The van der Waals surface area contributed by atoms with Crippen LogP contribution in [0.2, 0.25) is 0 Å². The molecule has 1 atom stereocenters. The highest BCUT2D eigenvalue weighted by molar-refractivity contribution is 5.91. The number of anilines is 2. The van der Waals surface area contributed by atoms with Crippen LogP contribution >= 0.6 is 0 Å². The predicted molar refractivity (Wildman–Crippen MR) is 77.7 cm³/mol. The third kappa shape index (κ3) is 3.32. The van der Waals surface area contributed by atoms with Gasteiger partial charge in [-0.15, -0.1) is 0 Å². The Labute approximate surface area is 117 Å². The van der Waals surface area contributed by atoms with Crippen LogP contribution in [0.15, 0.2) is 41.0 Å². The van der Waals surface area contributed by atoms with E-state index in [0.717, 1.165) is 12.2 Å². The van der Waals surface area contributed by atoms with Gasteiger partial charge in [-0.05, 0) is 37.3 Å². The largest absolute Gasteiger partial charge is 0.469 e. The molecular formula is C15H18N2O3. The number of rotatable bonds is 5. The van der Waals surface area contributed by atoms with Crippen molar-refractivity contribution in [3.8, 4) is 0 Å². The molecule has 0 radical (unpaired) electrons. The minimum atomic E-state index is -0.383. The molecule has 106 valence electrons. The zero-order chi connectivity index (χ0) is 14.5. The lowest BCUT2D eigenvalue weighted by Gasteiger charge is -2.16. The molecule has 1 unspecified atom stereocenters. The number of furan rings is 1. The van der Waals surface area contributed by atoms with Crippen molar-refractivity contribution < 1.29 is 13.9 Å². The van der Waals surface area contributed by atoms with E-state index in [1.54, 1.807) is 24.5 Å². The van der Waals surface area contributed by atoms with E-state index in [2.05, 4.69) is 5.32 Å². The van der Waals surface area contributed by atoms with Gasteiger partial charge < -0.3 is 20.2 Å². The molecule has 0 spiro atoms. The molecule has 0 aliphatic carbocycles. The average molecular weight is 274 g/mol. The number of nitrogens with two attached hydrogens (primary N) is 1. The molecule has 0 fully saturated rings. The molecule has 1 heterocycles. The summed E-state index contributed by atoms with van der Waals surface area (Å²) in [5.41, 5.74) is 7.68. The molecule has 0 amide bonds. The SMILES string of the molecule is COC(=O)c1ccc(N)c(NC(C)Cc2ccco2)c1. The second kappa shape index (κ2) is 6.14. The molecule has 5 nitrogen and oxygen atoms in total. The van der Waals surface area contributed by atoms with Crippen molar-refractivity contribution in [3.05, 3.63) is 47.9 Å². The monoisotopic (exact) mass is 274 g/mol. The fourth-order valence-electron chi connectivity index (χ4n) is 1.97. The van der Waals surface area contributed by atoms with Gasteiger partial charge in [-0.25, -0.2) is 4.79 Å². The van der Waals surface area contributed by atoms with E-state index in [0.29, 0.717) is 16.9 Å². The molecule has 20 heavy (non-hydrogen) atoms. The Morgan fingerprint density at radius 2 is 2.25 bits per heavy atom. The number of benzene rings is 1. The van der Waals surface area contributed by atoms with Gasteiger partial charge in [0.15, 0.2) is 0 Å². The second-order valence-corrected chi connectivity index (χ2v) is 4.62. The summed E-state index contributed by atoms with van der Waals surface area (Å²) in [6.07, 6.45) is 2.38. The summed E-state index contributed by atoms with van der Waals surface area (Å²) in [6, 6.07) is 8.93. The van der Waals surface area contributed by atoms with Crippen molar-refractivity contribution in [3.63, 3.8) is 0 Å². The first-order valence-corrected chi connectivity index (χ1v) is 6.37. The quantitative estimate of drug-likeness (QED) is 0.647. The topological polar surface area (TPSA) is 77.5 Å². The lowest BCUT2D eigenvalue weighted by Crippen LogP contribution is -2.19. The van der Waals surface area contributed by atoms with Crippen LogP contribution in [0.4, 0.5) is 11.4 Å². The van der Waals surface area contributed by atoms with E-state index in [9.17, 15) is 4.79 Å². The van der Waals surface area contributed by atoms with E-state index in [1.165, 1.54) is 7.11 Å². The molecular weight excluding hydrogens is 256 g/mol. The minimum absolute atomic E-state index is 0.122. The van der Waals surface area contributed by atoms with Gasteiger partial charge in [0.2, 0.25) is 0 Å². The Bertz CT molecular complexity index is 579. The summed E-state index contributed by atoms with van der Waals surface area (Å²) in [6.45, 7) is 2.02. The average Bonchev–Trinajstić information content (AvgIpc) is 2.93. The number of nitrogens with one attached hydrogen (secondary N) is 1. The molecule has 2 rings (SSSR count). The van der Waals surface area contributed by atoms with Crippen LogP contribution in [0.3, 0.4) is 0 Å². The zero-order valence-corrected chi connectivity index (χ0v) is 11.6. The molecule has 0 bridgehead atoms. The molecule has 0 aliphatic rings. The Kier molecular flexibility index (Phi) is 4.30. The van der Waals surface area contributed by atoms with Crippen molar-refractivity contribution in [2.45, 2.75) is 19.4 Å². The standard InChI is InChI=1S/C15H18N2O3/c1-10(8-12-4-3-7-20-12)17-14-9-11(15(18)19-2)5-6-13(14)16/h3-7,9-10,17H,8,16H2,1-2H3. The summed E-state index contributed by atoms with van der Waals surface area (Å²) in [7, 11) is 1.35. The second-order valence-electron chi connectivity index (χ2n) is 4.62. The number of ether oxygens (including phenoxy) is 1. The fraction of sp³-hybridized carbons (Fsp3) is 0.267. The number of nitrogen functional groups attached to an aromatic ring is 1. The van der Waals surface area contributed by atoms with Gasteiger partial charge in [-0.1, -0.05) is 0 Å². The van der Waals surface area contributed by atoms with Crippen molar-refractivity contribution in [2.24, 2.45) is 0 Å². The van der Waals surface area contributed by atoms with Gasteiger partial charge in [-0.3, -0.25) is 0 Å². The Balaban J connectivity index is 2.09. The van der Waals surface area contributed by atoms with E-state index in [1.807, 2.05) is 19.1 Å². The van der Waals surface area contributed by atoms with Gasteiger partial charge in [0.05, 0.1) is 30.3 Å². The molecule has 1 aromatic carbocycles. The fourth-order valence-corrected chi connectivity index (χ4v) is 1.97. The van der Waals surface area contributed by atoms with Crippen LogP contribution in [0.25, 0.3) is 0 Å². The summed E-state index contributed by atoms with van der Waals surface area (Å²) >= 11 is 0. The lowest BCUT2D eigenvalue weighted by atomic mass is 10.1. The van der Waals surface area contributed by atoms with E-state index in [-0.39, 0.29) is 12.0 Å². The maximum absolute atomic E-state index is 11.5. The Morgan fingerprint density at radius 1 is 1.45 bits per heavy atom. The van der Waals surface area contributed by atoms with Gasteiger partial charge >= 0.3 is 5.97 Å². The number of hydrogen-bond donors (Lipinski definition) is 2. The van der Waals surface area contributed by atoms with Gasteiger partial charge in [0.25, 0.3) is 0 Å². The molecule has 5 heteroatoms. The molecule has 0 saturated heterocycles. The van der Waals surface area contributed by atoms with Crippen LogP contribution in [-0.2, 0) is 11.2 Å². The maximum atomic E-state index is 11.5. The molecule has 2 aromatic rings. The normalized spacial score (nSPS) is 11.9. The first-order valence-electron chi connectivity index (χ1n) is 6.37. The lowest BCUT2D eigenvalue weighted by molar-refractivity contribution is 0.0601. The highest BCUT2D eigenvalue weighted by Gasteiger charge is 2.11. The first-order chi connectivity index (χ1) is 9.60. The smallest absolute Gasteiger partial charge is 0.337 e. The molecule has 3 N–H and O–H groups in total. The molecule has 1 aromatic heterocycles. The van der Waals surface area contributed by atoms with Gasteiger partial charge in [0.1, 0.15) is 5.76 Å². The van der Waals surface area contributed by atoms with Crippen LogP contribution in [0.1, 0.15) is 23.0 Å². The number of esters is 1. The maximum Gasteiger partial charge on any atom is 0.337 e. The van der Waals surface area contributed by atoms with Gasteiger partial charge in [-0.2, -0.15) is 0 Å². The van der Waals surface area contributed by atoms with E-state index in [4.69, 9.17) is 14.9 Å². The molecule has 0 saturated carbocycles. The number of methoxy groups -OCH3 is 1. The van der Waals surface area contributed by atoms with Crippen LogP contribution in [0.5, 0.6) is 0 Å². The highest BCUT2D eigenvalue weighted by Crippen LogP contribution is 2.22. The van der Waals surface area contributed by atoms with Gasteiger partial charge in [0, 0.05) is 12.5 Å². The third-order valence-corrected chi connectivity index (χ3v) is 2.96. The van der Waals surface area contributed by atoms with Crippen molar-refractivity contribution in [1.82, 2.24) is 0 Å². The Morgan fingerprint density at radius 3 is 2.90 bits per heavy atom. The predicted octanol–water partition coefficient (Wildman–Crippen LogP) is 2.69. The summed E-state index contributed by atoms with van der Waals surface area (Å²) in [5.74, 6) is 0.513. The number of hydrogen-bond acceptors (Lipinski definition) is 5. The minimum Gasteiger partial charge on any atom is -0.469 e. The van der Waals surface area contributed by atoms with Crippen LogP contribution in [-0.4, -0.2) is 19.1 Å². The van der Waals surface area contributed by atoms with E-state index >= 15 is 0 Å². The van der Waals surface area contributed by atoms with Crippen LogP contribution < -0.4 is 11.1 Å². The van der Waals surface area contributed by atoms with Crippen molar-refractivity contribution >= 4 is 17.3 Å². The summed E-state index contributed by atoms with van der Waals surface area (Å²) in [4.78, 5) is 11.5. The highest BCUT2D eigenvalue weighted by atomic mass is 16.5. The zero-order valence-electron chi connectivity index (χ0n) is 11.6.